The number of anilines is 2. The Morgan fingerprint density at radius 2 is 1.77 bits per heavy atom. The van der Waals surface area contributed by atoms with Gasteiger partial charge in [-0.2, -0.15) is 5.32 Å². The van der Waals surface area contributed by atoms with Crippen molar-refractivity contribution in [3.8, 4) is 0 Å². The molecular formula is C16H26N6+2. The monoisotopic (exact) mass is 302 g/mol. The lowest BCUT2D eigenvalue weighted by Gasteiger charge is -2.30. The number of rotatable bonds is 2. The molecule has 0 radical (unpaired) electrons. The van der Waals surface area contributed by atoms with E-state index in [1.54, 1.807) is 0 Å². The van der Waals surface area contributed by atoms with Gasteiger partial charge in [-0.05, 0) is 37.1 Å². The van der Waals surface area contributed by atoms with Gasteiger partial charge in [0, 0.05) is 32.6 Å². The zero-order valence-corrected chi connectivity index (χ0v) is 13.4. The van der Waals surface area contributed by atoms with Crippen molar-refractivity contribution in [2.24, 2.45) is 5.73 Å². The predicted octanol–water partition coefficient (Wildman–Crippen LogP) is -1.74. The molecule has 1 heterocycles. The van der Waals surface area contributed by atoms with E-state index in [4.69, 9.17) is 5.73 Å². The number of benzene rings is 1. The summed E-state index contributed by atoms with van der Waals surface area (Å²) in [6.07, 6.45) is 5.91. The second-order valence-electron chi connectivity index (χ2n) is 6.37. The Hall–Kier alpha value is -2.24. The summed E-state index contributed by atoms with van der Waals surface area (Å²) in [5, 5.41) is 6.53. The van der Waals surface area contributed by atoms with Crippen LogP contribution in [-0.4, -0.2) is 31.7 Å². The summed E-state index contributed by atoms with van der Waals surface area (Å²) in [6, 6.07) is 8.32. The standard InChI is InChI=1S/C16H24N6/c1-22(2)13-8-6-12(7-9-13)18-15-19-14(17)20-16(21-15)10-4-3-5-11-16/h6-9H,3-5,10-11H2,1-2H3,(H4,17,18,19,20,21)/p+2. The van der Waals surface area contributed by atoms with Gasteiger partial charge in [-0.3, -0.25) is 5.73 Å². The molecule has 1 aromatic rings. The van der Waals surface area contributed by atoms with E-state index in [0.717, 1.165) is 24.5 Å². The maximum absolute atomic E-state index is 6.04. The van der Waals surface area contributed by atoms with Crippen molar-refractivity contribution < 1.29 is 9.98 Å². The van der Waals surface area contributed by atoms with E-state index in [0.29, 0.717) is 5.96 Å². The van der Waals surface area contributed by atoms with Crippen LogP contribution in [0.3, 0.4) is 0 Å². The molecule has 1 saturated carbocycles. The van der Waals surface area contributed by atoms with Gasteiger partial charge in [0.05, 0.1) is 5.69 Å². The smallest absolute Gasteiger partial charge is 0.360 e. The molecule has 0 aromatic heterocycles. The highest BCUT2D eigenvalue weighted by Crippen LogP contribution is 2.19. The average molecular weight is 302 g/mol. The van der Waals surface area contributed by atoms with E-state index in [9.17, 15) is 0 Å². The summed E-state index contributed by atoms with van der Waals surface area (Å²) < 4.78 is 0. The van der Waals surface area contributed by atoms with Crippen molar-refractivity contribution in [2.45, 2.75) is 37.8 Å². The molecule has 0 amide bonds. The van der Waals surface area contributed by atoms with Gasteiger partial charge >= 0.3 is 11.9 Å². The van der Waals surface area contributed by atoms with Gasteiger partial charge in [0.1, 0.15) is 0 Å². The summed E-state index contributed by atoms with van der Waals surface area (Å²) in [7, 11) is 4.07. The summed E-state index contributed by atoms with van der Waals surface area (Å²) >= 11 is 0. The highest BCUT2D eigenvalue weighted by atomic mass is 15.3. The molecule has 22 heavy (non-hydrogen) atoms. The zero-order valence-electron chi connectivity index (χ0n) is 13.4. The van der Waals surface area contributed by atoms with Gasteiger partial charge in [0.2, 0.25) is 5.66 Å². The normalized spacial score (nSPS) is 19.9. The Labute approximate surface area is 131 Å². The molecule has 1 aliphatic heterocycles. The molecule has 3 rings (SSSR count). The van der Waals surface area contributed by atoms with Crippen molar-refractivity contribution in [1.82, 2.24) is 5.32 Å². The summed E-state index contributed by atoms with van der Waals surface area (Å²) in [5.74, 6) is 1.45. The number of hydrogen-bond acceptors (Lipinski definition) is 4. The molecule has 0 atom stereocenters. The fourth-order valence-corrected chi connectivity index (χ4v) is 3.18. The largest absolute Gasteiger partial charge is 0.378 e. The number of nitrogens with one attached hydrogen (secondary N) is 4. The van der Waals surface area contributed by atoms with Crippen molar-refractivity contribution in [3.63, 3.8) is 0 Å². The molecule has 0 unspecified atom stereocenters. The van der Waals surface area contributed by atoms with E-state index in [-0.39, 0.29) is 5.66 Å². The summed E-state index contributed by atoms with van der Waals surface area (Å²) in [4.78, 5) is 9.02. The minimum atomic E-state index is -0.112. The quantitative estimate of drug-likeness (QED) is 0.449. The molecule has 118 valence electrons. The topological polar surface area (TPSA) is 81.3 Å². The maximum atomic E-state index is 6.04. The Morgan fingerprint density at radius 1 is 1.09 bits per heavy atom. The zero-order chi connectivity index (χ0) is 15.6. The first-order chi connectivity index (χ1) is 10.6. The molecule has 1 aromatic carbocycles. The third kappa shape index (κ3) is 3.16. The molecule has 2 aliphatic rings. The van der Waals surface area contributed by atoms with Crippen LogP contribution in [0.4, 0.5) is 11.4 Å². The highest BCUT2D eigenvalue weighted by Gasteiger charge is 2.38. The number of nitrogens with zero attached hydrogens (tertiary/aromatic N) is 1. The molecular weight excluding hydrogens is 276 g/mol. The predicted molar refractivity (Wildman–Crippen MR) is 89.5 cm³/mol. The number of hydrogen-bond donors (Lipinski definition) is 5. The van der Waals surface area contributed by atoms with Crippen LogP contribution in [0.2, 0.25) is 0 Å². The van der Waals surface area contributed by atoms with Gasteiger partial charge in [0.15, 0.2) is 0 Å². The van der Waals surface area contributed by atoms with E-state index in [1.165, 1.54) is 24.9 Å². The first kappa shape index (κ1) is 14.7. The Balaban J connectivity index is 1.76. The van der Waals surface area contributed by atoms with Crippen LogP contribution < -0.4 is 31.3 Å². The van der Waals surface area contributed by atoms with Crippen molar-refractivity contribution in [2.75, 3.05) is 24.3 Å². The van der Waals surface area contributed by atoms with Gasteiger partial charge < -0.3 is 4.90 Å². The van der Waals surface area contributed by atoms with Crippen LogP contribution in [0.1, 0.15) is 32.1 Å². The second-order valence-corrected chi connectivity index (χ2v) is 6.37. The number of nitrogens with two attached hydrogens (primary N) is 1. The third-order valence-electron chi connectivity index (χ3n) is 4.36. The van der Waals surface area contributed by atoms with E-state index < -0.39 is 0 Å². The van der Waals surface area contributed by atoms with Gasteiger partial charge in [-0.15, -0.1) is 0 Å². The molecule has 1 fully saturated rings. The first-order valence-electron chi connectivity index (χ1n) is 7.94. The van der Waals surface area contributed by atoms with E-state index in [1.807, 2.05) is 14.1 Å². The van der Waals surface area contributed by atoms with Crippen LogP contribution in [0.15, 0.2) is 24.3 Å². The van der Waals surface area contributed by atoms with Crippen molar-refractivity contribution in [3.05, 3.63) is 24.3 Å². The van der Waals surface area contributed by atoms with Crippen molar-refractivity contribution >= 4 is 23.3 Å². The Kier molecular flexibility index (Phi) is 3.92. The third-order valence-corrected chi connectivity index (χ3v) is 4.36. The van der Waals surface area contributed by atoms with Gasteiger partial charge in [-0.1, -0.05) is 6.42 Å². The molecule has 0 bridgehead atoms. The minimum Gasteiger partial charge on any atom is -0.378 e. The molecule has 1 spiro atoms. The van der Waals surface area contributed by atoms with Crippen LogP contribution in [-0.2, 0) is 0 Å². The fourth-order valence-electron chi connectivity index (χ4n) is 3.18. The van der Waals surface area contributed by atoms with Crippen LogP contribution >= 0.6 is 0 Å². The van der Waals surface area contributed by atoms with Gasteiger partial charge in [0.25, 0.3) is 0 Å². The SMILES string of the molecule is CN(C)c1ccc(NC2=[NH+]C3(CCCCC3)[NH+]=C(N)N2)cc1. The molecule has 0 saturated heterocycles. The molecule has 6 heteroatoms. The van der Waals surface area contributed by atoms with E-state index >= 15 is 0 Å². The first-order valence-corrected chi connectivity index (χ1v) is 7.94. The Morgan fingerprint density at radius 3 is 2.41 bits per heavy atom. The summed E-state index contributed by atoms with van der Waals surface area (Å²) in [6.45, 7) is 0. The maximum Gasteiger partial charge on any atom is 0.360 e. The second kappa shape index (κ2) is 5.87. The fraction of sp³-hybridized carbons (Fsp3) is 0.500. The molecule has 1 aliphatic carbocycles. The lowest BCUT2D eigenvalue weighted by Crippen LogP contribution is -3.15. The van der Waals surface area contributed by atoms with Crippen LogP contribution in [0, 0.1) is 0 Å². The Bertz CT molecular complexity index is 581. The van der Waals surface area contributed by atoms with E-state index in [2.05, 4.69) is 49.8 Å². The summed E-state index contributed by atoms with van der Waals surface area (Å²) in [5.41, 5.74) is 8.13. The molecule has 6 nitrogen and oxygen atoms in total. The molecule has 6 N–H and O–H groups in total. The van der Waals surface area contributed by atoms with Crippen LogP contribution in [0.25, 0.3) is 0 Å². The average Bonchev–Trinajstić information content (AvgIpc) is 2.47. The van der Waals surface area contributed by atoms with Crippen molar-refractivity contribution in [1.29, 1.82) is 0 Å². The number of guanidine groups is 2. The van der Waals surface area contributed by atoms with Crippen LogP contribution in [0.5, 0.6) is 0 Å². The minimum absolute atomic E-state index is 0.112. The lowest BCUT2D eigenvalue weighted by molar-refractivity contribution is -0.803. The van der Waals surface area contributed by atoms with Gasteiger partial charge in [-0.25, -0.2) is 15.3 Å². The lowest BCUT2D eigenvalue weighted by atomic mass is 9.90. The highest BCUT2D eigenvalue weighted by molar-refractivity contribution is 6.00.